The second kappa shape index (κ2) is 11.7. The van der Waals surface area contributed by atoms with Crippen molar-refractivity contribution in [3.05, 3.63) is 107 Å². The van der Waals surface area contributed by atoms with Gasteiger partial charge >= 0.3 is 5.69 Å². The summed E-state index contributed by atoms with van der Waals surface area (Å²) in [4.78, 5) is 30.7. The number of aliphatic hydroxyl groups excluding tert-OH is 1. The molecular weight excluding hydrogens is 492 g/mol. The molecule has 4 aromatic rings. The summed E-state index contributed by atoms with van der Waals surface area (Å²) in [7, 11) is 0. The topological polar surface area (TPSA) is 95.6 Å². The van der Waals surface area contributed by atoms with Crippen molar-refractivity contribution in [1.82, 2.24) is 19.2 Å². The van der Waals surface area contributed by atoms with Crippen LogP contribution < -0.4 is 15.9 Å². The average molecular weight is 527 g/mol. The highest BCUT2D eigenvalue weighted by Crippen LogP contribution is 2.26. The van der Waals surface area contributed by atoms with E-state index in [1.165, 1.54) is 4.68 Å². The SMILES string of the molecule is CC(C)n1ncn(-c2ccc(N3CCN(C(C(=O)Nc4cccc(CO)c4)c4ccccc4)CC3)cc2)c1=O. The first-order valence-electron chi connectivity index (χ1n) is 13.3. The Bertz CT molecular complexity index is 1450. The highest BCUT2D eigenvalue weighted by atomic mass is 16.3. The number of aromatic nitrogens is 3. The third-order valence-corrected chi connectivity index (χ3v) is 7.10. The first kappa shape index (κ1) is 26.4. The number of carbonyl (C=O) groups is 1. The van der Waals surface area contributed by atoms with Crippen LogP contribution >= 0.6 is 0 Å². The fourth-order valence-corrected chi connectivity index (χ4v) is 5.03. The lowest BCUT2D eigenvalue weighted by Gasteiger charge is -2.39. The van der Waals surface area contributed by atoms with Crippen molar-refractivity contribution in [2.45, 2.75) is 32.5 Å². The van der Waals surface area contributed by atoms with E-state index in [0.29, 0.717) is 18.8 Å². The zero-order valence-electron chi connectivity index (χ0n) is 22.3. The lowest BCUT2D eigenvalue weighted by atomic mass is 10.0. The molecule has 9 heteroatoms. The Morgan fingerprint density at radius 3 is 2.26 bits per heavy atom. The van der Waals surface area contributed by atoms with Crippen molar-refractivity contribution < 1.29 is 9.90 Å². The van der Waals surface area contributed by atoms with E-state index in [0.717, 1.165) is 35.6 Å². The third-order valence-electron chi connectivity index (χ3n) is 7.10. The Hall–Kier alpha value is -4.21. The number of hydrogen-bond donors (Lipinski definition) is 2. The van der Waals surface area contributed by atoms with Gasteiger partial charge in [0.2, 0.25) is 5.91 Å². The molecule has 2 N–H and O–H groups in total. The Labute approximate surface area is 227 Å². The minimum Gasteiger partial charge on any atom is -0.392 e. The van der Waals surface area contributed by atoms with Crippen LogP contribution in [0.3, 0.4) is 0 Å². The van der Waals surface area contributed by atoms with E-state index in [2.05, 4.69) is 20.2 Å². The predicted octanol–water partition coefficient (Wildman–Crippen LogP) is 3.61. The minimum absolute atomic E-state index is 0.00168. The predicted molar refractivity (Wildman–Crippen MR) is 152 cm³/mol. The molecule has 3 aromatic carbocycles. The maximum atomic E-state index is 13.5. The van der Waals surface area contributed by atoms with Crippen molar-refractivity contribution >= 4 is 17.3 Å². The summed E-state index contributed by atoms with van der Waals surface area (Å²) in [6.07, 6.45) is 1.56. The van der Waals surface area contributed by atoms with Crippen LogP contribution in [-0.2, 0) is 11.4 Å². The number of hydrogen-bond acceptors (Lipinski definition) is 6. The molecule has 0 aliphatic carbocycles. The molecule has 1 unspecified atom stereocenters. The van der Waals surface area contributed by atoms with Gasteiger partial charge in [0.15, 0.2) is 0 Å². The fraction of sp³-hybridized carbons (Fsp3) is 0.300. The Morgan fingerprint density at radius 1 is 0.923 bits per heavy atom. The third kappa shape index (κ3) is 5.79. The molecule has 0 bridgehead atoms. The molecule has 9 nitrogen and oxygen atoms in total. The number of rotatable bonds is 8. The summed E-state index contributed by atoms with van der Waals surface area (Å²) >= 11 is 0. The van der Waals surface area contributed by atoms with E-state index in [4.69, 9.17) is 0 Å². The van der Waals surface area contributed by atoms with Crippen LogP contribution in [0.25, 0.3) is 5.69 Å². The van der Waals surface area contributed by atoms with Gasteiger partial charge in [-0.2, -0.15) is 5.10 Å². The van der Waals surface area contributed by atoms with Crippen LogP contribution in [0, 0.1) is 0 Å². The number of benzene rings is 3. The van der Waals surface area contributed by atoms with Crippen molar-refractivity contribution in [2.24, 2.45) is 0 Å². The van der Waals surface area contributed by atoms with Crippen LogP contribution in [0.4, 0.5) is 11.4 Å². The molecule has 1 amide bonds. The molecule has 1 saturated heterocycles. The number of nitrogens with zero attached hydrogens (tertiary/aromatic N) is 5. The summed E-state index contributed by atoms with van der Waals surface area (Å²) < 4.78 is 3.02. The summed E-state index contributed by atoms with van der Waals surface area (Å²) in [6, 6.07) is 24.6. The number of carbonyl (C=O) groups excluding carboxylic acids is 1. The first-order valence-corrected chi connectivity index (χ1v) is 13.3. The van der Waals surface area contributed by atoms with Gasteiger partial charge in [-0.3, -0.25) is 9.69 Å². The van der Waals surface area contributed by atoms with Crippen molar-refractivity contribution in [1.29, 1.82) is 0 Å². The fourth-order valence-electron chi connectivity index (χ4n) is 5.03. The number of piperazine rings is 1. The van der Waals surface area contributed by atoms with Gasteiger partial charge in [-0.1, -0.05) is 42.5 Å². The second-order valence-corrected chi connectivity index (χ2v) is 10.0. The van der Waals surface area contributed by atoms with E-state index < -0.39 is 6.04 Å². The molecule has 0 radical (unpaired) electrons. The second-order valence-electron chi connectivity index (χ2n) is 10.0. The smallest absolute Gasteiger partial charge is 0.350 e. The first-order chi connectivity index (χ1) is 18.9. The zero-order valence-corrected chi connectivity index (χ0v) is 22.3. The van der Waals surface area contributed by atoms with Gasteiger partial charge in [0, 0.05) is 37.6 Å². The number of anilines is 2. The molecule has 39 heavy (non-hydrogen) atoms. The summed E-state index contributed by atoms with van der Waals surface area (Å²) in [5, 5.41) is 16.7. The van der Waals surface area contributed by atoms with E-state index in [-0.39, 0.29) is 24.2 Å². The molecule has 2 heterocycles. The van der Waals surface area contributed by atoms with Gasteiger partial charge in [-0.25, -0.2) is 14.0 Å². The van der Waals surface area contributed by atoms with Crippen LogP contribution in [0.1, 0.15) is 37.1 Å². The van der Waals surface area contributed by atoms with E-state index >= 15 is 0 Å². The van der Waals surface area contributed by atoms with Crippen molar-refractivity contribution in [2.75, 3.05) is 36.4 Å². The molecule has 1 fully saturated rings. The van der Waals surface area contributed by atoms with E-state index in [9.17, 15) is 14.7 Å². The van der Waals surface area contributed by atoms with Gasteiger partial charge in [0.05, 0.1) is 18.3 Å². The maximum absolute atomic E-state index is 13.5. The highest BCUT2D eigenvalue weighted by molar-refractivity contribution is 5.95. The lowest BCUT2D eigenvalue weighted by molar-refractivity contribution is -0.121. The zero-order chi connectivity index (χ0) is 27.4. The Kier molecular flexibility index (Phi) is 7.90. The van der Waals surface area contributed by atoms with Crippen molar-refractivity contribution in [3.8, 4) is 5.69 Å². The maximum Gasteiger partial charge on any atom is 0.350 e. The Balaban J connectivity index is 1.28. The summed E-state index contributed by atoms with van der Waals surface area (Å²) in [5.41, 5.74) is 4.06. The largest absolute Gasteiger partial charge is 0.392 e. The molecule has 1 aromatic heterocycles. The molecule has 1 aliphatic heterocycles. The van der Waals surface area contributed by atoms with Crippen LogP contribution in [0.2, 0.25) is 0 Å². The minimum atomic E-state index is -0.433. The number of aliphatic hydroxyl groups is 1. The van der Waals surface area contributed by atoms with Gasteiger partial charge in [-0.15, -0.1) is 0 Å². The van der Waals surface area contributed by atoms with Gasteiger partial charge < -0.3 is 15.3 Å². The standard InChI is InChI=1S/C30H34N6O3/c1-22(2)36-30(39)35(21-31-36)27-13-11-26(12-14-27)33-15-17-34(18-16-33)28(24-8-4-3-5-9-24)29(38)32-25-10-6-7-23(19-25)20-37/h3-14,19,21-22,28,37H,15-18,20H2,1-2H3,(H,32,38). The van der Waals surface area contributed by atoms with Gasteiger partial charge in [-0.05, 0) is 61.4 Å². The molecule has 0 saturated carbocycles. The van der Waals surface area contributed by atoms with E-state index in [1.807, 2.05) is 86.6 Å². The molecule has 1 aliphatic rings. The quantitative estimate of drug-likeness (QED) is 0.364. The Morgan fingerprint density at radius 2 is 1.62 bits per heavy atom. The lowest BCUT2D eigenvalue weighted by Crippen LogP contribution is -2.50. The molecular formula is C30H34N6O3. The number of nitrogens with one attached hydrogen (secondary N) is 1. The summed E-state index contributed by atoms with van der Waals surface area (Å²) in [5.74, 6) is -0.0959. The normalized spacial score (nSPS) is 14.9. The van der Waals surface area contributed by atoms with Crippen LogP contribution in [-0.4, -0.2) is 56.4 Å². The highest BCUT2D eigenvalue weighted by Gasteiger charge is 2.30. The summed E-state index contributed by atoms with van der Waals surface area (Å²) in [6.45, 7) is 6.75. The van der Waals surface area contributed by atoms with Gasteiger partial charge in [0.25, 0.3) is 0 Å². The molecule has 0 spiro atoms. The number of amides is 1. The monoisotopic (exact) mass is 526 g/mol. The molecule has 1 atom stereocenters. The van der Waals surface area contributed by atoms with E-state index in [1.54, 1.807) is 17.0 Å². The van der Waals surface area contributed by atoms with Crippen molar-refractivity contribution in [3.63, 3.8) is 0 Å². The van der Waals surface area contributed by atoms with Gasteiger partial charge in [0.1, 0.15) is 12.4 Å². The molecule has 5 rings (SSSR count). The average Bonchev–Trinajstić information content (AvgIpc) is 3.36. The van der Waals surface area contributed by atoms with Crippen LogP contribution in [0.15, 0.2) is 90.0 Å². The van der Waals surface area contributed by atoms with Crippen LogP contribution in [0.5, 0.6) is 0 Å². The molecule has 202 valence electrons.